The van der Waals surface area contributed by atoms with Gasteiger partial charge < -0.3 is 14.7 Å². The molecule has 0 saturated carbocycles. The van der Waals surface area contributed by atoms with Crippen LogP contribution in [0.25, 0.3) is 28.2 Å². The lowest BCUT2D eigenvalue weighted by molar-refractivity contribution is -0.160. The first-order valence-electron chi connectivity index (χ1n) is 14.0. The molecule has 1 unspecified atom stereocenters. The van der Waals surface area contributed by atoms with E-state index in [2.05, 4.69) is 52.5 Å². The molecule has 0 spiro atoms. The third-order valence-electron chi connectivity index (χ3n) is 7.80. The van der Waals surface area contributed by atoms with Crippen molar-refractivity contribution < 1.29 is 14.6 Å². The molecule has 1 N–H and O–H groups in total. The van der Waals surface area contributed by atoms with Crippen LogP contribution in [0.15, 0.2) is 42.6 Å². The molecule has 3 aromatic heterocycles. The van der Waals surface area contributed by atoms with E-state index in [1.54, 1.807) is 0 Å². The minimum Gasteiger partial charge on any atom is -0.479 e. The van der Waals surface area contributed by atoms with E-state index in [4.69, 9.17) is 9.72 Å². The summed E-state index contributed by atoms with van der Waals surface area (Å²) in [5, 5.41) is 14.9. The summed E-state index contributed by atoms with van der Waals surface area (Å²) < 4.78 is 10.2. The number of carbonyl (C=O) groups is 1. The minimum atomic E-state index is -1.10. The van der Waals surface area contributed by atoms with Gasteiger partial charge in [0.15, 0.2) is 6.10 Å². The van der Waals surface area contributed by atoms with E-state index >= 15 is 0 Å². The molecule has 8 nitrogen and oxygen atoms in total. The summed E-state index contributed by atoms with van der Waals surface area (Å²) >= 11 is 0. The Kier molecular flexibility index (Phi) is 7.03. The number of carboxylic acid groups (broad SMARTS) is 1. The molecule has 0 aliphatic carbocycles. The van der Waals surface area contributed by atoms with Gasteiger partial charge >= 0.3 is 5.97 Å². The molecule has 40 heavy (non-hydrogen) atoms. The van der Waals surface area contributed by atoms with Crippen LogP contribution in [-0.2, 0) is 16.6 Å². The van der Waals surface area contributed by atoms with Crippen molar-refractivity contribution in [1.29, 1.82) is 0 Å². The zero-order valence-electron chi connectivity index (χ0n) is 24.9. The first-order valence-corrected chi connectivity index (χ1v) is 14.0. The summed E-state index contributed by atoms with van der Waals surface area (Å²) in [5.41, 5.74) is 6.87. The van der Waals surface area contributed by atoms with Gasteiger partial charge in [-0.05, 0) is 76.6 Å². The van der Waals surface area contributed by atoms with E-state index < -0.39 is 17.7 Å². The molecule has 8 heteroatoms. The number of aliphatic carboxylic acids is 1. The maximum atomic E-state index is 12.7. The zero-order chi connectivity index (χ0) is 29.0. The van der Waals surface area contributed by atoms with Gasteiger partial charge in [0.05, 0.1) is 22.7 Å². The summed E-state index contributed by atoms with van der Waals surface area (Å²) in [6.45, 7) is 15.9. The van der Waals surface area contributed by atoms with Crippen molar-refractivity contribution in [2.75, 3.05) is 18.0 Å². The van der Waals surface area contributed by atoms with Crippen LogP contribution in [0.1, 0.15) is 70.4 Å². The van der Waals surface area contributed by atoms with Crippen LogP contribution >= 0.6 is 0 Å². The summed E-state index contributed by atoms with van der Waals surface area (Å²) in [4.78, 5) is 20.0. The molecule has 1 aliphatic heterocycles. The molecular weight excluding hydrogens is 502 g/mol. The number of imidazole rings is 1. The molecule has 0 amide bonds. The van der Waals surface area contributed by atoms with Crippen molar-refractivity contribution in [3.63, 3.8) is 0 Å². The Bertz CT molecular complexity index is 1560. The number of piperidine rings is 1. The second kappa shape index (κ2) is 10.1. The molecule has 1 aliphatic rings. The van der Waals surface area contributed by atoms with E-state index in [-0.39, 0.29) is 5.41 Å². The second-order valence-electron chi connectivity index (χ2n) is 12.9. The van der Waals surface area contributed by atoms with E-state index in [9.17, 15) is 9.90 Å². The summed E-state index contributed by atoms with van der Waals surface area (Å²) in [5.74, 6) is -0.130. The van der Waals surface area contributed by atoms with Gasteiger partial charge in [0, 0.05) is 43.0 Å². The molecule has 212 valence electrons. The number of aryl methyl sites for hydroxylation is 3. The van der Waals surface area contributed by atoms with Crippen molar-refractivity contribution in [2.45, 2.75) is 73.0 Å². The molecule has 1 fully saturated rings. The summed E-state index contributed by atoms with van der Waals surface area (Å²) in [7, 11) is 1.95. The number of rotatable bonds is 6. The van der Waals surface area contributed by atoms with Crippen LogP contribution < -0.4 is 4.90 Å². The van der Waals surface area contributed by atoms with Crippen LogP contribution in [0, 0.1) is 19.3 Å². The highest BCUT2D eigenvalue weighted by Gasteiger charge is 2.35. The highest BCUT2D eigenvalue weighted by Crippen LogP contribution is 2.40. The fraction of sp³-hybridized carbons (Fsp3) is 0.469. The second-order valence-corrected chi connectivity index (χ2v) is 12.9. The van der Waals surface area contributed by atoms with E-state index in [1.807, 2.05) is 64.7 Å². The Labute approximate surface area is 236 Å². The Hall–Kier alpha value is -3.65. The standard InChI is InChI=1S/C32H41N5O3/c1-20-16-26-33-24(22-10-9-11-23(18-22)25-17-21(2)34-35(25)8)19-37(26)29(36-14-12-32(6,7)13-15-36)27(20)28(30(38)39)40-31(3,4)5/h9-11,16-19,28H,12-15H2,1-8H3,(H,38,39). The number of benzene rings is 1. The minimum absolute atomic E-state index is 0.248. The van der Waals surface area contributed by atoms with Gasteiger partial charge in [-0.3, -0.25) is 9.08 Å². The number of nitrogens with zero attached hydrogens (tertiary/aromatic N) is 5. The number of ether oxygens (including phenoxy) is 1. The quantitative estimate of drug-likeness (QED) is 0.295. The average Bonchev–Trinajstić information content (AvgIpc) is 3.43. The first kappa shape index (κ1) is 27.9. The van der Waals surface area contributed by atoms with Crippen molar-refractivity contribution >= 4 is 17.4 Å². The number of aromatic nitrogens is 4. The van der Waals surface area contributed by atoms with Gasteiger partial charge in [-0.2, -0.15) is 5.10 Å². The molecule has 0 bridgehead atoms. The lowest BCUT2D eigenvalue weighted by Crippen LogP contribution is -2.40. The van der Waals surface area contributed by atoms with Gasteiger partial charge in [-0.25, -0.2) is 9.78 Å². The number of hydrogen-bond donors (Lipinski definition) is 1. The largest absolute Gasteiger partial charge is 0.479 e. The van der Waals surface area contributed by atoms with E-state index in [0.29, 0.717) is 5.56 Å². The van der Waals surface area contributed by atoms with Crippen LogP contribution in [0.4, 0.5) is 5.82 Å². The molecule has 4 heterocycles. The number of fused-ring (bicyclic) bond motifs is 1. The number of pyridine rings is 1. The highest BCUT2D eigenvalue weighted by atomic mass is 16.5. The number of anilines is 1. The SMILES string of the molecule is Cc1cc(-c2cccc(-c3cn4c(N5CCC(C)(C)CC5)c(C(OC(C)(C)C)C(=O)O)c(C)cc4n3)c2)n(C)n1. The third kappa shape index (κ3) is 5.50. The smallest absolute Gasteiger partial charge is 0.337 e. The highest BCUT2D eigenvalue weighted by molar-refractivity contribution is 5.80. The zero-order valence-corrected chi connectivity index (χ0v) is 24.9. The Morgan fingerprint density at radius 3 is 2.35 bits per heavy atom. The van der Waals surface area contributed by atoms with Crippen molar-refractivity contribution in [1.82, 2.24) is 19.2 Å². The predicted octanol–water partition coefficient (Wildman–Crippen LogP) is 6.59. The lowest BCUT2D eigenvalue weighted by atomic mass is 9.82. The number of carboxylic acids is 1. The molecule has 0 radical (unpaired) electrons. The van der Waals surface area contributed by atoms with Crippen LogP contribution in [-0.4, -0.2) is 48.9 Å². The normalized spacial score (nSPS) is 16.4. The van der Waals surface area contributed by atoms with Crippen LogP contribution in [0.3, 0.4) is 0 Å². The van der Waals surface area contributed by atoms with Crippen molar-refractivity contribution in [3.05, 3.63) is 59.4 Å². The molecule has 1 aromatic carbocycles. The van der Waals surface area contributed by atoms with Gasteiger partial charge in [-0.1, -0.05) is 32.0 Å². The maximum Gasteiger partial charge on any atom is 0.337 e. The average molecular weight is 544 g/mol. The molecule has 4 aromatic rings. The summed E-state index contributed by atoms with van der Waals surface area (Å²) in [6, 6.07) is 12.4. The predicted molar refractivity (Wildman–Crippen MR) is 159 cm³/mol. The van der Waals surface area contributed by atoms with E-state index in [0.717, 1.165) is 71.2 Å². The van der Waals surface area contributed by atoms with Crippen LogP contribution in [0.5, 0.6) is 0 Å². The Morgan fingerprint density at radius 1 is 1.07 bits per heavy atom. The van der Waals surface area contributed by atoms with Crippen LogP contribution in [0.2, 0.25) is 0 Å². The van der Waals surface area contributed by atoms with Gasteiger partial charge in [0.25, 0.3) is 0 Å². The first-order chi connectivity index (χ1) is 18.7. The molecule has 1 saturated heterocycles. The lowest BCUT2D eigenvalue weighted by Gasteiger charge is -2.40. The molecule has 1 atom stereocenters. The van der Waals surface area contributed by atoms with E-state index in [1.165, 1.54) is 0 Å². The Morgan fingerprint density at radius 2 is 1.75 bits per heavy atom. The monoisotopic (exact) mass is 543 g/mol. The number of hydrogen-bond acceptors (Lipinski definition) is 5. The fourth-order valence-electron chi connectivity index (χ4n) is 5.66. The van der Waals surface area contributed by atoms with Gasteiger partial charge in [-0.15, -0.1) is 0 Å². The van der Waals surface area contributed by atoms with Crippen molar-refractivity contribution in [2.24, 2.45) is 12.5 Å². The fourth-order valence-corrected chi connectivity index (χ4v) is 5.66. The van der Waals surface area contributed by atoms with Gasteiger partial charge in [0.1, 0.15) is 11.5 Å². The topological polar surface area (TPSA) is 84.9 Å². The maximum absolute atomic E-state index is 12.7. The third-order valence-corrected chi connectivity index (χ3v) is 7.80. The van der Waals surface area contributed by atoms with Crippen molar-refractivity contribution in [3.8, 4) is 22.5 Å². The molecular formula is C32H41N5O3. The van der Waals surface area contributed by atoms with Gasteiger partial charge in [0.2, 0.25) is 0 Å². The summed E-state index contributed by atoms with van der Waals surface area (Å²) in [6.07, 6.45) is 2.98. The molecule has 5 rings (SSSR count). The Balaban J connectivity index is 1.68.